The Morgan fingerprint density at radius 3 is 2.59 bits per heavy atom. The Bertz CT molecular complexity index is 661. The molecular formula is C16H20N4O2. The van der Waals surface area contributed by atoms with E-state index < -0.39 is 12.0 Å². The van der Waals surface area contributed by atoms with E-state index in [2.05, 4.69) is 15.5 Å². The summed E-state index contributed by atoms with van der Waals surface area (Å²) in [4.78, 5) is 11.5. The average Bonchev–Trinajstić information content (AvgIpc) is 2.94. The molecular weight excluding hydrogens is 280 g/mol. The van der Waals surface area contributed by atoms with Gasteiger partial charge in [-0.1, -0.05) is 56.2 Å². The first-order chi connectivity index (χ1) is 10.5. The van der Waals surface area contributed by atoms with E-state index in [9.17, 15) is 9.90 Å². The van der Waals surface area contributed by atoms with Crippen LogP contribution in [-0.2, 0) is 4.79 Å². The van der Waals surface area contributed by atoms with Crippen molar-refractivity contribution in [3.63, 3.8) is 0 Å². The zero-order valence-electron chi connectivity index (χ0n) is 13.0. The van der Waals surface area contributed by atoms with Crippen LogP contribution in [0.3, 0.4) is 0 Å². The number of hydrogen-bond acceptors (Lipinski definition) is 4. The molecule has 6 heteroatoms. The molecule has 1 N–H and O–H groups in total. The molecule has 1 aromatic carbocycles. The second-order valence-electron chi connectivity index (χ2n) is 5.39. The Hall–Kier alpha value is -2.50. The van der Waals surface area contributed by atoms with Gasteiger partial charge in [-0.25, -0.2) is 9.48 Å². The predicted octanol–water partition coefficient (Wildman–Crippen LogP) is 2.82. The predicted molar refractivity (Wildman–Crippen MR) is 84.1 cm³/mol. The highest BCUT2D eigenvalue weighted by Crippen LogP contribution is 2.22. The van der Waals surface area contributed by atoms with E-state index in [0.29, 0.717) is 5.82 Å². The van der Waals surface area contributed by atoms with Gasteiger partial charge in [0, 0.05) is 0 Å². The maximum atomic E-state index is 11.5. The summed E-state index contributed by atoms with van der Waals surface area (Å²) in [6.07, 6.45) is 4.35. The first-order valence-electron chi connectivity index (χ1n) is 7.28. The Labute approximate surface area is 129 Å². The van der Waals surface area contributed by atoms with Crippen molar-refractivity contribution in [1.82, 2.24) is 20.2 Å². The van der Waals surface area contributed by atoms with Gasteiger partial charge in [0.1, 0.15) is 0 Å². The third-order valence-corrected chi connectivity index (χ3v) is 3.72. The van der Waals surface area contributed by atoms with Crippen LogP contribution in [0.2, 0.25) is 0 Å². The third-order valence-electron chi connectivity index (χ3n) is 3.72. The lowest BCUT2D eigenvalue weighted by molar-refractivity contribution is -0.143. The van der Waals surface area contributed by atoms with Gasteiger partial charge in [-0.05, 0) is 34.9 Å². The SMILES string of the molecule is CCC(C)C(C(=O)O)n1nnnc1/C=C/c1ccc(C)cc1. The lowest BCUT2D eigenvalue weighted by Crippen LogP contribution is -2.27. The summed E-state index contributed by atoms with van der Waals surface area (Å²) in [5.74, 6) is -0.549. The molecule has 1 aromatic heterocycles. The number of rotatable bonds is 6. The summed E-state index contributed by atoms with van der Waals surface area (Å²) in [5, 5.41) is 20.8. The van der Waals surface area contributed by atoms with Crippen molar-refractivity contribution in [1.29, 1.82) is 0 Å². The van der Waals surface area contributed by atoms with Crippen LogP contribution in [0.5, 0.6) is 0 Å². The fourth-order valence-corrected chi connectivity index (χ4v) is 2.17. The van der Waals surface area contributed by atoms with Gasteiger partial charge in [-0.3, -0.25) is 0 Å². The standard InChI is InChI=1S/C16H20N4O2/c1-4-12(3)15(16(21)22)20-14(17-18-19-20)10-9-13-7-5-11(2)6-8-13/h5-10,12,15H,4H2,1-3H3,(H,21,22)/b10-9+. The zero-order chi connectivity index (χ0) is 16.1. The summed E-state index contributed by atoms with van der Waals surface area (Å²) in [6, 6.07) is 7.24. The largest absolute Gasteiger partial charge is 0.480 e. The summed E-state index contributed by atoms with van der Waals surface area (Å²) < 4.78 is 1.38. The first kappa shape index (κ1) is 15.9. The van der Waals surface area contributed by atoms with E-state index >= 15 is 0 Å². The fourth-order valence-electron chi connectivity index (χ4n) is 2.17. The van der Waals surface area contributed by atoms with E-state index in [1.54, 1.807) is 6.08 Å². The van der Waals surface area contributed by atoms with Crippen LogP contribution >= 0.6 is 0 Å². The van der Waals surface area contributed by atoms with Crippen LogP contribution in [0, 0.1) is 12.8 Å². The monoisotopic (exact) mass is 300 g/mol. The molecule has 0 amide bonds. The molecule has 2 unspecified atom stereocenters. The van der Waals surface area contributed by atoms with Gasteiger partial charge in [0.05, 0.1) is 0 Å². The number of carboxylic acids is 1. The van der Waals surface area contributed by atoms with Crippen molar-refractivity contribution in [3.8, 4) is 0 Å². The molecule has 0 aliphatic rings. The van der Waals surface area contributed by atoms with Crippen LogP contribution in [-0.4, -0.2) is 31.3 Å². The molecule has 1 heterocycles. The van der Waals surface area contributed by atoms with Crippen LogP contribution in [0.1, 0.15) is 43.3 Å². The van der Waals surface area contributed by atoms with Gasteiger partial charge in [-0.2, -0.15) is 0 Å². The molecule has 0 aliphatic carbocycles. The normalized spacial score (nSPS) is 14.1. The zero-order valence-corrected chi connectivity index (χ0v) is 13.0. The maximum absolute atomic E-state index is 11.5. The second-order valence-corrected chi connectivity index (χ2v) is 5.39. The summed E-state index contributed by atoms with van der Waals surface area (Å²) >= 11 is 0. The number of benzene rings is 1. The number of carbonyl (C=O) groups is 1. The average molecular weight is 300 g/mol. The van der Waals surface area contributed by atoms with Crippen molar-refractivity contribution in [3.05, 3.63) is 41.2 Å². The highest BCUT2D eigenvalue weighted by molar-refractivity contribution is 5.73. The Balaban J connectivity index is 2.28. The molecule has 116 valence electrons. The smallest absolute Gasteiger partial charge is 0.328 e. The summed E-state index contributed by atoms with van der Waals surface area (Å²) in [6.45, 7) is 5.86. The summed E-state index contributed by atoms with van der Waals surface area (Å²) in [7, 11) is 0. The third kappa shape index (κ3) is 3.58. The van der Waals surface area contributed by atoms with E-state index in [-0.39, 0.29) is 5.92 Å². The van der Waals surface area contributed by atoms with E-state index in [1.165, 1.54) is 10.2 Å². The van der Waals surface area contributed by atoms with Crippen LogP contribution in [0.15, 0.2) is 24.3 Å². The van der Waals surface area contributed by atoms with Gasteiger partial charge in [0.25, 0.3) is 0 Å². The second kappa shape index (κ2) is 6.98. The van der Waals surface area contributed by atoms with Crippen molar-refractivity contribution in [2.24, 2.45) is 5.92 Å². The lowest BCUT2D eigenvalue weighted by atomic mass is 9.99. The molecule has 0 radical (unpaired) electrons. The van der Waals surface area contributed by atoms with Crippen LogP contribution in [0.4, 0.5) is 0 Å². The quantitative estimate of drug-likeness (QED) is 0.887. The minimum absolute atomic E-state index is 0.0625. The van der Waals surface area contributed by atoms with Crippen LogP contribution in [0.25, 0.3) is 12.2 Å². The van der Waals surface area contributed by atoms with E-state index in [0.717, 1.165) is 12.0 Å². The summed E-state index contributed by atoms with van der Waals surface area (Å²) in [5.41, 5.74) is 2.19. The number of aliphatic carboxylic acids is 1. The lowest BCUT2D eigenvalue weighted by Gasteiger charge is -2.18. The number of carboxylic acid groups (broad SMARTS) is 1. The first-order valence-corrected chi connectivity index (χ1v) is 7.28. The highest BCUT2D eigenvalue weighted by atomic mass is 16.4. The van der Waals surface area contributed by atoms with Crippen molar-refractivity contribution in [2.75, 3.05) is 0 Å². The van der Waals surface area contributed by atoms with Crippen LogP contribution < -0.4 is 0 Å². The maximum Gasteiger partial charge on any atom is 0.328 e. The van der Waals surface area contributed by atoms with E-state index in [4.69, 9.17) is 0 Å². The molecule has 2 aromatic rings. The van der Waals surface area contributed by atoms with Gasteiger partial charge < -0.3 is 5.11 Å². The number of hydrogen-bond donors (Lipinski definition) is 1. The molecule has 2 rings (SSSR count). The minimum atomic E-state index is -0.924. The fraction of sp³-hybridized carbons (Fsp3) is 0.375. The molecule has 0 spiro atoms. The Morgan fingerprint density at radius 2 is 2.00 bits per heavy atom. The molecule has 0 fully saturated rings. The molecule has 0 bridgehead atoms. The minimum Gasteiger partial charge on any atom is -0.480 e. The molecule has 0 aliphatic heterocycles. The number of tetrazole rings is 1. The molecule has 6 nitrogen and oxygen atoms in total. The van der Waals surface area contributed by atoms with E-state index in [1.807, 2.05) is 51.1 Å². The molecule has 2 atom stereocenters. The Kier molecular flexibility index (Phi) is 5.04. The molecule has 0 saturated heterocycles. The van der Waals surface area contributed by atoms with Crippen molar-refractivity contribution >= 4 is 18.1 Å². The van der Waals surface area contributed by atoms with Crippen molar-refractivity contribution in [2.45, 2.75) is 33.2 Å². The Morgan fingerprint density at radius 1 is 1.32 bits per heavy atom. The number of aryl methyl sites for hydroxylation is 1. The van der Waals surface area contributed by atoms with Gasteiger partial charge in [0.2, 0.25) is 0 Å². The topological polar surface area (TPSA) is 80.9 Å². The molecule has 0 saturated carbocycles. The number of aromatic nitrogens is 4. The van der Waals surface area contributed by atoms with Gasteiger partial charge in [0.15, 0.2) is 11.9 Å². The van der Waals surface area contributed by atoms with Gasteiger partial charge >= 0.3 is 5.97 Å². The number of nitrogens with zero attached hydrogens (tertiary/aromatic N) is 4. The highest BCUT2D eigenvalue weighted by Gasteiger charge is 2.28. The van der Waals surface area contributed by atoms with Crippen molar-refractivity contribution < 1.29 is 9.90 Å². The molecule has 22 heavy (non-hydrogen) atoms. The van der Waals surface area contributed by atoms with Gasteiger partial charge in [-0.15, -0.1) is 5.10 Å².